The van der Waals surface area contributed by atoms with E-state index < -0.39 is 0 Å². The van der Waals surface area contributed by atoms with Crippen LogP contribution in [0.2, 0.25) is 0 Å². The molecule has 1 saturated heterocycles. The normalized spacial score (nSPS) is 20.0. The Kier molecular flexibility index (Phi) is 3.76. The number of amides is 1. The van der Waals surface area contributed by atoms with E-state index in [4.69, 9.17) is 5.73 Å². The average Bonchev–Trinajstić information content (AvgIpc) is 2.05. The highest BCUT2D eigenvalue weighted by molar-refractivity contribution is 5.85. The van der Waals surface area contributed by atoms with Crippen LogP contribution in [0, 0.1) is 0 Å². The van der Waals surface area contributed by atoms with Gasteiger partial charge in [-0.2, -0.15) is 0 Å². The number of hydrogen-bond acceptors (Lipinski definition) is 3. The summed E-state index contributed by atoms with van der Waals surface area (Å²) in [6.45, 7) is 4.98. The van der Waals surface area contributed by atoms with E-state index in [1.165, 1.54) is 6.08 Å². The van der Waals surface area contributed by atoms with Gasteiger partial charge in [0.05, 0.1) is 0 Å². The monoisotopic (exact) mass is 169 g/mol. The number of nitrogens with two attached hydrogens (primary N) is 1. The summed E-state index contributed by atoms with van der Waals surface area (Å²) in [6.07, 6.45) is 3.23. The maximum Gasteiger partial charge on any atom is 0.241 e. The fraction of sp³-hybridized carbons (Fsp3) is 0.625. The van der Waals surface area contributed by atoms with Gasteiger partial charge in [0.15, 0.2) is 0 Å². The molecular formula is C8H15N3O. The van der Waals surface area contributed by atoms with Crippen molar-refractivity contribution in [3.8, 4) is 0 Å². The van der Waals surface area contributed by atoms with E-state index >= 15 is 0 Å². The predicted molar refractivity (Wildman–Crippen MR) is 47.6 cm³/mol. The molecule has 0 saturated carbocycles. The van der Waals surface area contributed by atoms with Crippen molar-refractivity contribution >= 4 is 5.91 Å². The molecule has 1 rings (SSSR count). The Morgan fingerprint density at radius 2 is 2.17 bits per heavy atom. The first-order valence-corrected chi connectivity index (χ1v) is 4.18. The molecule has 0 atom stereocenters. The smallest absolute Gasteiger partial charge is 0.241 e. The van der Waals surface area contributed by atoms with E-state index in [9.17, 15) is 4.79 Å². The van der Waals surface area contributed by atoms with Crippen molar-refractivity contribution in [1.82, 2.24) is 10.2 Å². The Hall–Kier alpha value is -0.870. The van der Waals surface area contributed by atoms with Crippen LogP contribution in [-0.2, 0) is 4.79 Å². The van der Waals surface area contributed by atoms with Crippen LogP contribution in [0.4, 0.5) is 0 Å². The molecule has 4 heteroatoms. The summed E-state index contributed by atoms with van der Waals surface area (Å²) in [5.74, 6) is -0.370. The van der Waals surface area contributed by atoms with Crippen LogP contribution < -0.4 is 11.1 Å². The molecule has 1 heterocycles. The van der Waals surface area contributed by atoms with Crippen LogP contribution >= 0.6 is 0 Å². The molecule has 1 aliphatic rings. The third kappa shape index (κ3) is 3.50. The van der Waals surface area contributed by atoms with Gasteiger partial charge >= 0.3 is 0 Å². The topological polar surface area (TPSA) is 58.4 Å². The SMILES string of the molecule is NC(=O)C=CCN1CCNCC1. The number of nitrogens with one attached hydrogen (secondary N) is 1. The van der Waals surface area contributed by atoms with Gasteiger partial charge < -0.3 is 11.1 Å². The minimum absolute atomic E-state index is 0.370. The van der Waals surface area contributed by atoms with E-state index in [0.717, 1.165) is 32.7 Å². The largest absolute Gasteiger partial charge is 0.366 e. The van der Waals surface area contributed by atoms with Crippen molar-refractivity contribution in [2.45, 2.75) is 0 Å². The minimum Gasteiger partial charge on any atom is -0.366 e. The number of rotatable bonds is 3. The molecule has 0 unspecified atom stereocenters. The second-order valence-electron chi connectivity index (χ2n) is 2.86. The summed E-state index contributed by atoms with van der Waals surface area (Å²) in [4.78, 5) is 12.6. The zero-order valence-electron chi connectivity index (χ0n) is 7.12. The second-order valence-corrected chi connectivity index (χ2v) is 2.86. The zero-order valence-corrected chi connectivity index (χ0v) is 7.12. The highest BCUT2D eigenvalue weighted by Gasteiger charge is 2.06. The first-order chi connectivity index (χ1) is 5.79. The Morgan fingerprint density at radius 3 is 2.75 bits per heavy atom. The van der Waals surface area contributed by atoms with Crippen molar-refractivity contribution in [2.75, 3.05) is 32.7 Å². The quantitative estimate of drug-likeness (QED) is 0.529. The first-order valence-electron chi connectivity index (χ1n) is 4.18. The highest BCUT2D eigenvalue weighted by atomic mass is 16.1. The van der Waals surface area contributed by atoms with Gasteiger partial charge in [-0.3, -0.25) is 9.69 Å². The molecule has 0 aromatic carbocycles. The van der Waals surface area contributed by atoms with Crippen molar-refractivity contribution in [2.24, 2.45) is 5.73 Å². The summed E-state index contributed by atoms with van der Waals surface area (Å²) in [5.41, 5.74) is 4.95. The second kappa shape index (κ2) is 4.90. The minimum atomic E-state index is -0.370. The summed E-state index contributed by atoms with van der Waals surface area (Å²) in [7, 11) is 0. The molecule has 0 spiro atoms. The maximum absolute atomic E-state index is 10.3. The van der Waals surface area contributed by atoms with Gasteiger partial charge in [-0.1, -0.05) is 6.08 Å². The maximum atomic E-state index is 10.3. The standard InChI is InChI=1S/C8H15N3O/c9-8(12)2-1-5-11-6-3-10-4-7-11/h1-2,10H,3-7H2,(H2,9,12). The molecule has 0 aromatic rings. The van der Waals surface area contributed by atoms with E-state index in [1.54, 1.807) is 0 Å². The Labute approximate surface area is 72.4 Å². The first kappa shape index (κ1) is 9.22. The fourth-order valence-corrected chi connectivity index (χ4v) is 1.21. The molecule has 68 valence electrons. The van der Waals surface area contributed by atoms with E-state index in [1.807, 2.05) is 6.08 Å². The van der Waals surface area contributed by atoms with Crippen LogP contribution in [0.25, 0.3) is 0 Å². The average molecular weight is 169 g/mol. The van der Waals surface area contributed by atoms with Gasteiger partial charge in [-0.25, -0.2) is 0 Å². The van der Waals surface area contributed by atoms with Crippen molar-refractivity contribution in [1.29, 1.82) is 0 Å². The van der Waals surface area contributed by atoms with Crippen molar-refractivity contribution in [3.05, 3.63) is 12.2 Å². The molecule has 12 heavy (non-hydrogen) atoms. The van der Waals surface area contributed by atoms with Crippen LogP contribution in [-0.4, -0.2) is 43.5 Å². The van der Waals surface area contributed by atoms with Crippen molar-refractivity contribution < 1.29 is 4.79 Å². The number of hydrogen-bond donors (Lipinski definition) is 2. The highest BCUT2D eigenvalue weighted by Crippen LogP contribution is 1.91. The molecule has 1 fully saturated rings. The Morgan fingerprint density at radius 1 is 1.50 bits per heavy atom. The molecule has 0 radical (unpaired) electrons. The Bertz CT molecular complexity index is 173. The van der Waals surface area contributed by atoms with E-state index in [0.29, 0.717) is 0 Å². The molecule has 0 bridgehead atoms. The van der Waals surface area contributed by atoms with Crippen molar-refractivity contribution in [3.63, 3.8) is 0 Å². The number of primary amides is 1. The predicted octanol–water partition coefficient (Wildman–Crippen LogP) is -1.07. The number of nitrogens with zero attached hydrogens (tertiary/aromatic N) is 1. The molecule has 4 nitrogen and oxygen atoms in total. The third-order valence-corrected chi connectivity index (χ3v) is 1.86. The lowest BCUT2D eigenvalue weighted by Gasteiger charge is -2.25. The number of carbonyl (C=O) groups excluding carboxylic acids is 1. The van der Waals surface area contributed by atoms with Crippen LogP contribution in [0.15, 0.2) is 12.2 Å². The third-order valence-electron chi connectivity index (χ3n) is 1.86. The molecule has 0 aromatic heterocycles. The van der Waals surface area contributed by atoms with Crippen LogP contribution in [0.5, 0.6) is 0 Å². The summed E-state index contributed by atoms with van der Waals surface area (Å²) in [6, 6.07) is 0. The van der Waals surface area contributed by atoms with E-state index in [2.05, 4.69) is 10.2 Å². The summed E-state index contributed by atoms with van der Waals surface area (Å²) >= 11 is 0. The van der Waals surface area contributed by atoms with Gasteiger partial charge in [-0.15, -0.1) is 0 Å². The molecule has 3 N–H and O–H groups in total. The van der Waals surface area contributed by atoms with Crippen LogP contribution in [0.1, 0.15) is 0 Å². The lowest BCUT2D eigenvalue weighted by atomic mass is 10.3. The molecule has 0 aliphatic carbocycles. The van der Waals surface area contributed by atoms with Gasteiger partial charge in [-0.05, 0) is 6.08 Å². The number of piperazine rings is 1. The Balaban J connectivity index is 2.17. The lowest BCUT2D eigenvalue weighted by molar-refractivity contribution is -0.113. The van der Waals surface area contributed by atoms with Gasteiger partial charge in [0.2, 0.25) is 5.91 Å². The van der Waals surface area contributed by atoms with Crippen LogP contribution in [0.3, 0.4) is 0 Å². The lowest BCUT2D eigenvalue weighted by Crippen LogP contribution is -2.43. The molecule has 1 amide bonds. The van der Waals surface area contributed by atoms with Gasteiger partial charge in [0, 0.05) is 32.7 Å². The fourth-order valence-electron chi connectivity index (χ4n) is 1.21. The van der Waals surface area contributed by atoms with Gasteiger partial charge in [0.1, 0.15) is 0 Å². The molecular weight excluding hydrogens is 154 g/mol. The summed E-state index contributed by atoms with van der Waals surface area (Å²) < 4.78 is 0. The number of carbonyl (C=O) groups is 1. The summed E-state index contributed by atoms with van der Waals surface area (Å²) in [5, 5.41) is 3.26. The molecule has 1 aliphatic heterocycles. The van der Waals surface area contributed by atoms with Gasteiger partial charge in [0.25, 0.3) is 0 Å². The zero-order chi connectivity index (χ0) is 8.81. The van der Waals surface area contributed by atoms with E-state index in [-0.39, 0.29) is 5.91 Å².